The van der Waals surface area contributed by atoms with Crippen molar-refractivity contribution in [3.8, 4) is 28.8 Å². The minimum Gasteiger partial charge on any atom is -0.496 e. The van der Waals surface area contributed by atoms with Crippen LogP contribution in [-0.4, -0.2) is 46.1 Å². The second-order valence-electron chi connectivity index (χ2n) is 10.3. The summed E-state index contributed by atoms with van der Waals surface area (Å²) in [4.78, 5) is 38.7. The molecule has 2 aromatic carbocycles. The number of benzene rings is 2. The molecule has 6 rings (SSSR count). The van der Waals surface area contributed by atoms with E-state index < -0.39 is 23.0 Å². The van der Waals surface area contributed by atoms with Crippen LogP contribution in [0.2, 0.25) is 0 Å². The summed E-state index contributed by atoms with van der Waals surface area (Å²) >= 11 is 0. The SMILES string of the molecule is COCc1noc(-c2cc3c(Oc4ncc(NC(=O)C5(C(=O)Nc6ccc(C)cc6)CC5)cc4F)ccnc3cc2OC)n1. The normalized spacial score (nSPS) is 13.4. The lowest BCUT2D eigenvalue weighted by atomic mass is 10.0. The molecule has 44 heavy (non-hydrogen) atoms. The second kappa shape index (κ2) is 11.7. The number of amides is 2. The van der Waals surface area contributed by atoms with Crippen LogP contribution < -0.4 is 20.1 Å². The van der Waals surface area contributed by atoms with Gasteiger partial charge in [0.25, 0.3) is 11.8 Å². The molecule has 13 heteroatoms. The molecule has 224 valence electrons. The number of aryl methyl sites for hydroxylation is 1. The molecule has 12 nitrogen and oxygen atoms in total. The van der Waals surface area contributed by atoms with Crippen LogP contribution >= 0.6 is 0 Å². The maximum Gasteiger partial charge on any atom is 0.261 e. The predicted molar refractivity (Wildman–Crippen MR) is 157 cm³/mol. The molecule has 1 aliphatic carbocycles. The topological polar surface area (TPSA) is 151 Å². The lowest BCUT2D eigenvalue weighted by Gasteiger charge is -2.16. The number of pyridine rings is 2. The molecular weight excluding hydrogens is 571 g/mol. The fourth-order valence-electron chi connectivity index (χ4n) is 4.62. The van der Waals surface area contributed by atoms with E-state index in [1.54, 1.807) is 30.3 Å². The van der Waals surface area contributed by atoms with Gasteiger partial charge in [0.2, 0.25) is 11.8 Å². The Morgan fingerprint density at radius 2 is 1.73 bits per heavy atom. The fraction of sp³-hybridized carbons (Fsp3) is 0.226. The number of carbonyl (C=O) groups is 2. The minimum absolute atomic E-state index is 0.0872. The standard InChI is InChI=1S/C31H27FN6O6/c1-17-4-6-18(7-5-17)35-29(39)31(9-10-31)30(40)36-19-12-22(32)28(34-15-19)43-24-8-11-33-23-14-25(42-3)21(13-20(23)24)27-37-26(16-41-2)38-44-27/h4-8,11-15H,9-10,16H2,1-3H3,(H,35,39)(H,36,40). The van der Waals surface area contributed by atoms with E-state index in [2.05, 4.69) is 30.7 Å². The molecule has 1 aliphatic rings. The number of halogens is 1. The van der Waals surface area contributed by atoms with E-state index in [4.69, 9.17) is 18.7 Å². The number of rotatable bonds is 10. The number of ether oxygens (including phenoxy) is 3. The molecule has 0 unspecified atom stereocenters. The first kappa shape index (κ1) is 28.7. The molecule has 0 radical (unpaired) electrons. The highest BCUT2D eigenvalue weighted by molar-refractivity contribution is 6.16. The van der Waals surface area contributed by atoms with Crippen molar-refractivity contribution >= 4 is 34.1 Å². The second-order valence-corrected chi connectivity index (χ2v) is 10.3. The van der Waals surface area contributed by atoms with Crippen molar-refractivity contribution in [3.05, 3.63) is 78.1 Å². The lowest BCUT2D eigenvalue weighted by molar-refractivity contribution is -0.131. The van der Waals surface area contributed by atoms with Gasteiger partial charge in [0.05, 0.1) is 30.1 Å². The zero-order chi connectivity index (χ0) is 30.8. The third-order valence-corrected chi connectivity index (χ3v) is 7.20. The van der Waals surface area contributed by atoms with Crippen molar-refractivity contribution in [2.24, 2.45) is 5.41 Å². The van der Waals surface area contributed by atoms with E-state index >= 15 is 4.39 Å². The van der Waals surface area contributed by atoms with E-state index in [0.717, 1.165) is 11.6 Å². The van der Waals surface area contributed by atoms with Gasteiger partial charge < -0.3 is 29.4 Å². The van der Waals surface area contributed by atoms with Gasteiger partial charge in [-0.3, -0.25) is 14.6 Å². The van der Waals surface area contributed by atoms with Crippen LogP contribution in [0.15, 0.2) is 65.4 Å². The predicted octanol–water partition coefficient (Wildman–Crippen LogP) is 5.43. The summed E-state index contributed by atoms with van der Waals surface area (Å²) in [6.07, 6.45) is 3.53. The highest BCUT2D eigenvalue weighted by Gasteiger charge is 2.56. The third kappa shape index (κ3) is 5.64. The van der Waals surface area contributed by atoms with Crippen LogP contribution in [-0.2, 0) is 20.9 Å². The first-order valence-corrected chi connectivity index (χ1v) is 13.6. The fourth-order valence-corrected chi connectivity index (χ4v) is 4.62. The summed E-state index contributed by atoms with van der Waals surface area (Å²) in [5, 5.41) is 9.80. The number of fused-ring (bicyclic) bond motifs is 1. The smallest absolute Gasteiger partial charge is 0.261 e. The Balaban J connectivity index is 1.20. The number of methoxy groups -OCH3 is 2. The lowest BCUT2D eigenvalue weighted by Crippen LogP contribution is -2.35. The molecule has 5 aromatic rings. The van der Waals surface area contributed by atoms with Gasteiger partial charge in [-0.15, -0.1) is 0 Å². The molecule has 0 saturated heterocycles. The maximum atomic E-state index is 15.2. The van der Waals surface area contributed by atoms with Gasteiger partial charge in [-0.1, -0.05) is 22.9 Å². The summed E-state index contributed by atoms with van der Waals surface area (Å²) in [7, 11) is 3.02. The van der Waals surface area contributed by atoms with Crippen molar-refractivity contribution < 1.29 is 32.7 Å². The molecule has 1 saturated carbocycles. The van der Waals surface area contributed by atoms with Crippen molar-refractivity contribution in [2.75, 3.05) is 24.9 Å². The van der Waals surface area contributed by atoms with Gasteiger partial charge in [0.1, 0.15) is 23.5 Å². The Kier molecular flexibility index (Phi) is 7.62. The van der Waals surface area contributed by atoms with Crippen LogP contribution in [0.25, 0.3) is 22.4 Å². The van der Waals surface area contributed by atoms with Gasteiger partial charge in [0.15, 0.2) is 11.6 Å². The van der Waals surface area contributed by atoms with Crippen molar-refractivity contribution in [3.63, 3.8) is 0 Å². The Hall–Kier alpha value is -5.43. The molecule has 0 spiro atoms. The maximum absolute atomic E-state index is 15.2. The molecule has 2 N–H and O–H groups in total. The van der Waals surface area contributed by atoms with E-state index in [1.165, 1.54) is 26.6 Å². The van der Waals surface area contributed by atoms with Crippen molar-refractivity contribution in [1.82, 2.24) is 20.1 Å². The first-order chi connectivity index (χ1) is 21.3. The number of nitrogens with one attached hydrogen (secondary N) is 2. The molecule has 0 atom stereocenters. The Bertz CT molecular complexity index is 1870. The first-order valence-electron chi connectivity index (χ1n) is 13.6. The van der Waals surface area contributed by atoms with E-state index in [1.807, 2.05) is 19.1 Å². The minimum atomic E-state index is -1.23. The van der Waals surface area contributed by atoms with Crippen LogP contribution in [0.4, 0.5) is 15.8 Å². The molecule has 2 amide bonds. The monoisotopic (exact) mass is 598 g/mol. The highest BCUT2D eigenvalue weighted by atomic mass is 19.1. The highest BCUT2D eigenvalue weighted by Crippen LogP contribution is 2.47. The largest absolute Gasteiger partial charge is 0.496 e. The average Bonchev–Trinajstić information content (AvgIpc) is 3.72. The van der Waals surface area contributed by atoms with Crippen LogP contribution in [0.1, 0.15) is 24.2 Å². The summed E-state index contributed by atoms with van der Waals surface area (Å²) in [6.45, 7) is 2.10. The Morgan fingerprint density at radius 3 is 2.41 bits per heavy atom. The number of nitrogens with zero attached hydrogens (tertiary/aromatic N) is 4. The van der Waals surface area contributed by atoms with Gasteiger partial charge in [-0.05, 0) is 44.0 Å². The van der Waals surface area contributed by atoms with Crippen molar-refractivity contribution in [2.45, 2.75) is 26.4 Å². The number of anilines is 2. The summed E-state index contributed by atoms with van der Waals surface area (Å²) in [6, 6.07) is 13.3. The summed E-state index contributed by atoms with van der Waals surface area (Å²) in [5.74, 6) is -0.871. The summed E-state index contributed by atoms with van der Waals surface area (Å²) in [5.41, 5.74) is 1.47. The quantitative estimate of drug-likeness (QED) is 0.199. The van der Waals surface area contributed by atoms with Gasteiger partial charge in [0, 0.05) is 36.5 Å². The Morgan fingerprint density at radius 1 is 0.977 bits per heavy atom. The van der Waals surface area contributed by atoms with E-state index in [9.17, 15) is 9.59 Å². The number of carbonyl (C=O) groups excluding carboxylic acids is 2. The Labute approximate surface area is 250 Å². The number of hydrogen-bond donors (Lipinski definition) is 2. The molecule has 1 fully saturated rings. The van der Waals surface area contributed by atoms with E-state index in [-0.39, 0.29) is 29.8 Å². The van der Waals surface area contributed by atoms with Gasteiger partial charge in [-0.25, -0.2) is 9.37 Å². The zero-order valence-corrected chi connectivity index (χ0v) is 24.0. The van der Waals surface area contributed by atoms with Crippen molar-refractivity contribution in [1.29, 1.82) is 0 Å². The molecule has 0 bridgehead atoms. The number of hydrogen-bond acceptors (Lipinski definition) is 10. The van der Waals surface area contributed by atoms with Gasteiger partial charge >= 0.3 is 0 Å². The number of aromatic nitrogens is 4. The average molecular weight is 599 g/mol. The molecule has 3 aromatic heterocycles. The molecule has 3 heterocycles. The molecule has 0 aliphatic heterocycles. The molecular formula is C31H27FN6O6. The van der Waals surface area contributed by atoms with Crippen LogP contribution in [0.5, 0.6) is 17.4 Å². The van der Waals surface area contributed by atoms with E-state index in [0.29, 0.717) is 46.6 Å². The summed E-state index contributed by atoms with van der Waals surface area (Å²) < 4.78 is 37.0. The van der Waals surface area contributed by atoms with Crippen LogP contribution in [0, 0.1) is 18.2 Å². The van der Waals surface area contributed by atoms with Gasteiger partial charge in [-0.2, -0.15) is 4.98 Å². The third-order valence-electron chi connectivity index (χ3n) is 7.20. The zero-order valence-electron chi connectivity index (χ0n) is 24.0. The van der Waals surface area contributed by atoms with Crippen LogP contribution in [0.3, 0.4) is 0 Å².